The molecule has 0 bridgehead atoms. The fourth-order valence-corrected chi connectivity index (χ4v) is 1.95. The lowest BCUT2D eigenvalue weighted by molar-refractivity contribution is 0.195. The van der Waals surface area contributed by atoms with Gasteiger partial charge in [-0.3, -0.25) is 0 Å². The molecule has 4 heteroatoms. The van der Waals surface area contributed by atoms with Gasteiger partial charge < -0.3 is 19.3 Å². The summed E-state index contributed by atoms with van der Waals surface area (Å²) in [4.78, 5) is 0. The van der Waals surface area contributed by atoms with E-state index >= 15 is 0 Å². The van der Waals surface area contributed by atoms with Crippen LogP contribution >= 0.6 is 0 Å². The third kappa shape index (κ3) is 2.86. The number of aliphatic hydroxyl groups excluding tert-OH is 1. The minimum absolute atomic E-state index is 0.491. The number of hydrogen-bond donors (Lipinski definition) is 1. The Morgan fingerprint density at radius 1 is 0.850 bits per heavy atom. The van der Waals surface area contributed by atoms with Gasteiger partial charge in [0.25, 0.3) is 0 Å². The summed E-state index contributed by atoms with van der Waals surface area (Å²) in [5.41, 5.74) is 0.709. The van der Waals surface area contributed by atoms with Crippen LogP contribution in [0.2, 0.25) is 0 Å². The van der Waals surface area contributed by atoms with Crippen LogP contribution in [0.5, 0.6) is 23.0 Å². The number of benzene rings is 2. The van der Waals surface area contributed by atoms with Gasteiger partial charge in [-0.25, -0.2) is 0 Å². The molecule has 2 aromatic rings. The smallest absolute Gasteiger partial charge is 0.211 e. The number of rotatable bonds is 5. The number of aliphatic hydroxyl groups is 1. The van der Waals surface area contributed by atoms with Gasteiger partial charge in [0.2, 0.25) is 5.75 Å². The molecule has 0 saturated heterocycles. The highest BCUT2D eigenvalue weighted by Gasteiger charge is 2.15. The van der Waals surface area contributed by atoms with Crippen LogP contribution in [0.4, 0.5) is 0 Å². The molecular weight excluding hydrogens is 256 g/mol. The van der Waals surface area contributed by atoms with Crippen molar-refractivity contribution in [1.29, 1.82) is 0 Å². The highest BCUT2D eigenvalue weighted by molar-refractivity contribution is 5.54. The second kappa shape index (κ2) is 6.30. The average molecular weight is 274 g/mol. The molecule has 2 aromatic carbocycles. The molecule has 20 heavy (non-hydrogen) atoms. The van der Waals surface area contributed by atoms with E-state index in [1.165, 1.54) is 0 Å². The van der Waals surface area contributed by atoms with E-state index in [-0.39, 0.29) is 0 Å². The second-order valence-corrected chi connectivity index (χ2v) is 4.31. The molecule has 0 amide bonds. The van der Waals surface area contributed by atoms with Crippen molar-refractivity contribution in [1.82, 2.24) is 0 Å². The molecule has 0 saturated carbocycles. The molecule has 0 unspecified atom stereocenters. The van der Waals surface area contributed by atoms with Crippen LogP contribution in [0.3, 0.4) is 0 Å². The van der Waals surface area contributed by atoms with Gasteiger partial charge in [0, 0.05) is 5.56 Å². The quantitative estimate of drug-likeness (QED) is 0.905. The van der Waals surface area contributed by atoms with Crippen molar-refractivity contribution in [3.05, 3.63) is 48.0 Å². The van der Waals surface area contributed by atoms with Gasteiger partial charge in [-0.05, 0) is 25.1 Å². The van der Waals surface area contributed by atoms with Crippen LogP contribution in [0.25, 0.3) is 0 Å². The molecule has 1 N–H and O–H groups in total. The number of para-hydroxylation sites is 2. The van der Waals surface area contributed by atoms with Crippen LogP contribution in [0, 0.1) is 0 Å². The summed E-state index contributed by atoms with van der Waals surface area (Å²) in [5.74, 6) is 2.21. The van der Waals surface area contributed by atoms with E-state index in [2.05, 4.69) is 0 Å². The monoisotopic (exact) mass is 274 g/mol. The van der Waals surface area contributed by atoms with Crippen LogP contribution in [0.15, 0.2) is 42.5 Å². The minimum atomic E-state index is -0.619. The molecule has 0 heterocycles. The fraction of sp³-hybridized carbons (Fsp3) is 0.250. The lowest BCUT2D eigenvalue weighted by Gasteiger charge is -2.17. The zero-order valence-corrected chi connectivity index (χ0v) is 11.8. The molecule has 4 nitrogen and oxygen atoms in total. The van der Waals surface area contributed by atoms with E-state index in [4.69, 9.17) is 14.2 Å². The normalized spacial score (nSPS) is 11.8. The third-order valence-electron chi connectivity index (χ3n) is 2.96. The fourth-order valence-electron chi connectivity index (χ4n) is 1.95. The van der Waals surface area contributed by atoms with Crippen molar-refractivity contribution in [3.8, 4) is 23.0 Å². The maximum absolute atomic E-state index is 9.79. The van der Waals surface area contributed by atoms with E-state index in [1.807, 2.05) is 24.3 Å². The van der Waals surface area contributed by atoms with E-state index in [1.54, 1.807) is 39.3 Å². The van der Waals surface area contributed by atoms with E-state index in [0.29, 0.717) is 28.6 Å². The second-order valence-electron chi connectivity index (χ2n) is 4.31. The Labute approximate surface area is 118 Å². The number of ether oxygens (including phenoxy) is 3. The summed E-state index contributed by atoms with van der Waals surface area (Å²) in [5, 5.41) is 9.79. The SMILES string of the molecule is COc1cccc(OC)c1Oc1ccccc1[C@@H](C)O. The Morgan fingerprint density at radius 2 is 1.40 bits per heavy atom. The molecule has 0 fully saturated rings. The van der Waals surface area contributed by atoms with Crippen LogP contribution in [-0.4, -0.2) is 19.3 Å². The Hall–Kier alpha value is -2.20. The first-order valence-corrected chi connectivity index (χ1v) is 6.33. The van der Waals surface area contributed by atoms with Crippen molar-refractivity contribution >= 4 is 0 Å². The Morgan fingerprint density at radius 3 is 1.95 bits per heavy atom. The van der Waals surface area contributed by atoms with Gasteiger partial charge in [0.15, 0.2) is 11.5 Å². The van der Waals surface area contributed by atoms with Gasteiger partial charge >= 0.3 is 0 Å². The maximum atomic E-state index is 9.79. The zero-order chi connectivity index (χ0) is 14.5. The highest BCUT2D eigenvalue weighted by atomic mass is 16.5. The molecule has 1 atom stereocenters. The molecule has 0 aliphatic heterocycles. The molecule has 0 spiro atoms. The van der Waals surface area contributed by atoms with Crippen LogP contribution < -0.4 is 14.2 Å². The Bertz CT molecular complexity index is 556. The van der Waals surface area contributed by atoms with Gasteiger partial charge in [-0.15, -0.1) is 0 Å². The first-order chi connectivity index (χ1) is 9.67. The average Bonchev–Trinajstić information content (AvgIpc) is 2.47. The molecule has 0 aliphatic carbocycles. The first-order valence-electron chi connectivity index (χ1n) is 6.33. The van der Waals surface area contributed by atoms with Crippen LogP contribution in [-0.2, 0) is 0 Å². The third-order valence-corrected chi connectivity index (χ3v) is 2.96. The first kappa shape index (κ1) is 14.2. The van der Waals surface area contributed by atoms with Crippen molar-refractivity contribution in [3.63, 3.8) is 0 Å². The predicted octanol–water partition coefficient (Wildman–Crippen LogP) is 3.55. The highest BCUT2D eigenvalue weighted by Crippen LogP contribution is 2.41. The van der Waals surface area contributed by atoms with Crippen molar-refractivity contribution in [2.24, 2.45) is 0 Å². The van der Waals surface area contributed by atoms with Crippen LogP contribution in [0.1, 0.15) is 18.6 Å². The van der Waals surface area contributed by atoms with Crippen molar-refractivity contribution < 1.29 is 19.3 Å². The summed E-state index contributed by atoms with van der Waals surface area (Å²) in [6.45, 7) is 1.70. The lowest BCUT2D eigenvalue weighted by atomic mass is 10.1. The molecule has 0 radical (unpaired) electrons. The van der Waals surface area contributed by atoms with Crippen molar-refractivity contribution in [2.75, 3.05) is 14.2 Å². The molecule has 0 aromatic heterocycles. The topological polar surface area (TPSA) is 47.9 Å². The Balaban J connectivity index is 2.44. The van der Waals surface area contributed by atoms with Crippen molar-refractivity contribution in [2.45, 2.75) is 13.0 Å². The molecule has 2 rings (SSSR count). The summed E-state index contributed by atoms with van der Waals surface area (Å²) in [6, 6.07) is 12.7. The largest absolute Gasteiger partial charge is 0.493 e. The zero-order valence-electron chi connectivity index (χ0n) is 11.8. The van der Waals surface area contributed by atoms with Gasteiger partial charge in [-0.1, -0.05) is 24.3 Å². The summed E-state index contributed by atoms with van der Waals surface area (Å²) in [7, 11) is 3.14. The Kier molecular flexibility index (Phi) is 4.48. The number of hydrogen-bond acceptors (Lipinski definition) is 4. The maximum Gasteiger partial charge on any atom is 0.211 e. The van der Waals surface area contributed by atoms with Gasteiger partial charge in [-0.2, -0.15) is 0 Å². The molecular formula is C16H18O4. The van der Waals surface area contributed by atoms with Gasteiger partial charge in [0.1, 0.15) is 5.75 Å². The summed E-state index contributed by atoms with van der Waals surface area (Å²) < 4.78 is 16.5. The minimum Gasteiger partial charge on any atom is -0.493 e. The standard InChI is InChI=1S/C16H18O4/c1-11(17)12-7-4-5-8-13(12)20-16-14(18-2)9-6-10-15(16)19-3/h4-11,17H,1-3H3/t11-/m1/s1. The van der Waals surface area contributed by atoms with E-state index in [9.17, 15) is 5.11 Å². The van der Waals surface area contributed by atoms with E-state index < -0.39 is 6.10 Å². The predicted molar refractivity (Wildman–Crippen MR) is 76.7 cm³/mol. The summed E-state index contributed by atoms with van der Waals surface area (Å²) in [6.07, 6.45) is -0.619. The number of methoxy groups -OCH3 is 2. The molecule has 106 valence electrons. The van der Waals surface area contributed by atoms with E-state index in [0.717, 1.165) is 0 Å². The van der Waals surface area contributed by atoms with Gasteiger partial charge in [0.05, 0.1) is 20.3 Å². The molecule has 0 aliphatic rings. The lowest BCUT2D eigenvalue weighted by Crippen LogP contribution is -1.98. The summed E-state index contributed by atoms with van der Waals surface area (Å²) >= 11 is 0.